The van der Waals surface area contributed by atoms with Gasteiger partial charge in [-0.3, -0.25) is 0 Å². The molecule has 0 aliphatic heterocycles. The maximum Gasteiger partial charge on any atom is 0.434 e. The first kappa shape index (κ1) is 10.0. The Morgan fingerprint density at radius 1 is 1.46 bits per heavy atom. The van der Waals surface area contributed by atoms with Gasteiger partial charge in [0.25, 0.3) is 0 Å². The van der Waals surface area contributed by atoms with Gasteiger partial charge >= 0.3 is 6.18 Å². The summed E-state index contributed by atoms with van der Waals surface area (Å²) >= 11 is 0. The van der Waals surface area contributed by atoms with Gasteiger partial charge in [0.2, 0.25) is 15.0 Å². The van der Waals surface area contributed by atoms with E-state index < -0.39 is 26.9 Å². The molecule has 0 aromatic carbocycles. The molecule has 1 aromatic heterocycles. The van der Waals surface area contributed by atoms with Crippen molar-refractivity contribution in [3.05, 3.63) is 11.9 Å². The largest absolute Gasteiger partial charge is 0.434 e. The van der Waals surface area contributed by atoms with Gasteiger partial charge in [0.15, 0.2) is 5.69 Å². The van der Waals surface area contributed by atoms with Crippen LogP contribution in [0.15, 0.2) is 11.4 Å². The van der Waals surface area contributed by atoms with E-state index >= 15 is 0 Å². The summed E-state index contributed by atoms with van der Waals surface area (Å²) < 4.78 is 57.2. The van der Waals surface area contributed by atoms with Crippen LogP contribution in [0.25, 0.3) is 0 Å². The van der Waals surface area contributed by atoms with E-state index in [9.17, 15) is 21.6 Å². The van der Waals surface area contributed by atoms with E-state index in [1.165, 1.54) is 0 Å². The molecule has 1 N–H and O–H groups in total. The maximum atomic E-state index is 11.9. The van der Waals surface area contributed by atoms with Crippen LogP contribution in [0.4, 0.5) is 13.2 Å². The van der Waals surface area contributed by atoms with Crippen LogP contribution < -0.4 is 0 Å². The van der Waals surface area contributed by atoms with Crippen LogP contribution in [0, 0.1) is 0 Å². The van der Waals surface area contributed by atoms with Crippen LogP contribution >= 0.6 is 0 Å². The zero-order valence-corrected chi connectivity index (χ0v) is 7.20. The van der Waals surface area contributed by atoms with Gasteiger partial charge in [0.05, 0.1) is 0 Å². The molecule has 8 heteroatoms. The van der Waals surface area contributed by atoms with Crippen LogP contribution in [-0.4, -0.2) is 24.6 Å². The molecule has 0 aliphatic rings. The van der Waals surface area contributed by atoms with Crippen LogP contribution in [0.3, 0.4) is 0 Å². The second-order valence-corrected chi connectivity index (χ2v) is 4.29. The Morgan fingerprint density at radius 3 is 2.23 bits per heavy atom. The quantitative estimate of drug-likeness (QED) is 0.753. The number of H-pyrrole nitrogens is 1. The average molecular weight is 214 g/mol. The number of halogens is 3. The first-order chi connectivity index (χ1) is 5.71. The predicted octanol–water partition coefficient (Wildman–Crippen LogP) is 0.832. The van der Waals surface area contributed by atoms with Gasteiger partial charge in [-0.15, -0.1) is 0 Å². The summed E-state index contributed by atoms with van der Waals surface area (Å²) in [6, 6.07) is 0. The molecule has 1 rings (SSSR count). The smallest absolute Gasteiger partial charge is 0.335 e. The molecule has 74 valence electrons. The van der Waals surface area contributed by atoms with Gasteiger partial charge in [-0.1, -0.05) is 0 Å². The van der Waals surface area contributed by atoms with E-state index in [2.05, 4.69) is 4.98 Å². The van der Waals surface area contributed by atoms with Crippen molar-refractivity contribution in [3.8, 4) is 0 Å². The van der Waals surface area contributed by atoms with Crippen molar-refractivity contribution in [2.75, 3.05) is 6.26 Å². The lowest BCUT2D eigenvalue weighted by Crippen LogP contribution is -2.06. The van der Waals surface area contributed by atoms with E-state index in [0.29, 0.717) is 6.20 Å². The summed E-state index contributed by atoms with van der Waals surface area (Å²) in [5.74, 6) is 0. The number of nitrogens with zero attached hydrogens (tertiary/aromatic N) is 1. The molecular weight excluding hydrogens is 209 g/mol. The van der Waals surface area contributed by atoms with Crippen LogP contribution in [0.5, 0.6) is 0 Å². The van der Waals surface area contributed by atoms with E-state index in [1.54, 1.807) is 0 Å². The van der Waals surface area contributed by atoms with Gasteiger partial charge in [-0.05, 0) is 0 Å². The van der Waals surface area contributed by atoms with Crippen molar-refractivity contribution in [1.82, 2.24) is 9.97 Å². The maximum absolute atomic E-state index is 11.9. The number of nitrogens with one attached hydrogen (secondary N) is 1. The van der Waals surface area contributed by atoms with E-state index in [4.69, 9.17) is 0 Å². The van der Waals surface area contributed by atoms with Crippen LogP contribution in [-0.2, 0) is 16.0 Å². The van der Waals surface area contributed by atoms with Crippen molar-refractivity contribution >= 4 is 9.84 Å². The highest BCUT2D eigenvalue weighted by Crippen LogP contribution is 2.27. The number of aromatic amines is 1. The van der Waals surface area contributed by atoms with Crippen molar-refractivity contribution in [1.29, 1.82) is 0 Å². The summed E-state index contributed by atoms with van der Waals surface area (Å²) in [5, 5.41) is -0.681. The van der Waals surface area contributed by atoms with Crippen molar-refractivity contribution < 1.29 is 21.6 Å². The number of imidazole rings is 1. The summed E-state index contributed by atoms with van der Waals surface area (Å²) in [6.45, 7) is 0. The fourth-order valence-electron chi connectivity index (χ4n) is 0.639. The Bertz CT molecular complexity index is 406. The zero-order chi connectivity index (χ0) is 10.3. The topological polar surface area (TPSA) is 62.8 Å². The van der Waals surface area contributed by atoms with Crippen molar-refractivity contribution in [2.45, 2.75) is 11.3 Å². The first-order valence-electron chi connectivity index (χ1n) is 3.04. The molecule has 1 heterocycles. The highest BCUT2D eigenvalue weighted by atomic mass is 32.2. The summed E-state index contributed by atoms with van der Waals surface area (Å²) in [4.78, 5) is 4.82. The monoisotopic (exact) mass is 214 g/mol. The summed E-state index contributed by atoms with van der Waals surface area (Å²) in [6.07, 6.45) is -3.35. The minimum atomic E-state index is -4.63. The van der Waals surface area contributed by atoms with E-state index in [-0.39, 0.29) is 0 Å². The number of hydrogen-bond donors (Lipinski definition) is 1. The van der Waals surface area contributed by atoms with Crippen molar-refractivity contribution in [2.24, 2.45) is 0 Å². The van der Waals surface area contributed by atoms with Gasteiger partial charge in [0.1, 0.15) is 0 Å². The number of aromatic nitrogens is 2. The predicted molar refractivity (Wildman–Crippen MR) is 36.7 cm³/mol. The number of hydrogen-bond acceptors (Lipinski definition) is 3. The first-order valence-corrected chi connectivity index (χ1v) is 4.93. The molecular formula is C5H5F3N2O2S. The molecule has 0 amide bonds. The Morgan fingerprint density at radius 2 is 2.00 bits per heavy atom. The highest BCUT2D eigenvalue weighted by Gasteiger charge is 2.34. The van der Waals surface area contributed by atoms with Gasteiger partial charge < -0.3 is 4.98 Å². The fourth-order valence-corrected chi connectivity index (χ4v) is 1.18. The van der Waals surface area contributed by atoms with Crippen LogP contribution in [0.2, 0.25) is 0 Å². The highest BCUT2D eigenvalue weighted by molar-refractivity contribution is 7.90. The Labute approximate surface area is 71.7 Å². The third kappa shape index (κ3) is 2.20. The third-order valence-electron chi connectivity index (χ3n) is 1.20. The van der Waals surface area contributed by atoms with Gasteiger partial charge in [-0.2, -0.15) is 13.2 Å². The summed E-state index contributed by atoms with van der Waals surface area (Å²) in [7, 11) is -3.71. The molecule has 0 saturated heterocycles. The molecule has 0 atom stereocenters. The minimum absolute atomic E-state index is 0.510. The lowest BCUT2D eigenvalue weighted by molar-refractivity contribution is -0.141. The molecule has 0 unspecified atom stereocenters. The second kappa shape index (κ2) is 2.72. The number of sulfone groups is 1. The molecule has 0 bridgehead atoms. The lowest BCUT2D eigenvalue weighted by atomic mass is 10.5. The second-order valence-electron chi connectivity index (χ2n) is 2.36. The van der Waals surface area contributed by atoms with E-state index in [1.807, 2.05) is 4.98 Å². The Hall–Kier alpha value is -1.05. The summed E-state index contributed by atoms with van der Waals surface area (Å²) in [5.41, 5.74) is -1.24. The SMILES string of the molecule is CS(=O)(=O)c1nc(C(F)(F)F)c[nH]1. The van der Waals surface area contributed by atoms with Gasteiger partial charge in [-0.25, -0.2) is 13.4 Å². The fraction of sp³-hybridized carbons (Fsp3) is 0.400. The normalized spacial score (nSPS) is 13.2. The van der Waals surface area contributed by atoms with Crippen LogP contribution in [0.1, 0.15) is 5.69 Å². The Kier molecular flexibility index (Phi) is 2.10. The molecule has 13 heavy (non-hydrogen) atoms. The number of rotatable bonds is 1. The van der Waals surface area contributed by atoms with Gasteiger partial charge in [0, 0.05) is 12.5 Å². The molecule has 4 nitrogen and oxygen atoms in total. The lowest BCUT2D eigenvalue weighted by Gasteiger charge is -1.98. The van der Waals surface area contributed by atoms with E-state index in [0.717, 1.165) is 6.26 Å². The molecule has 0 spiro atoms. The van der Waals surface area contributed by atoms with Crippen molar-refractivity contribution in [3.63, 3.8) is 0 Å². The molecule has 0 saturated carbocycles. The molecule has 0 aliphatic carbocycles. The molecule has 0 fully saturated rings. The molecule has 0 radical (unpaired) electrons. The third-order valence-corrected chi connectivity index (χ3v) is 2.11. The Balaban J connectivity index is 3.16. The number of alkyl halides is 3. The minimum Gasteiger partial charge on any atom is -0.335 e. The standard InChI is InChI=1S/C5H5F3N2O2S/c1-13(11,12)4-9-2-3(10-4)5(6,7)8/h2H,1H3,(H,9,10). The zero-order valence-electron chi connectivity index (χ0n) is 6.38. The molecule has 1 aromatic rings. The average Bonchev–Trinajstić information content (AvgIpc) is 2.28.